The lowest BCUT2D eigenvalue weighted by Gasteiger charge is -2.30. The number of methoxy groups -OCH3 is 2. The van der Waals surface area contributed by atoms with Gasteiger partial charge in [-0.3, -0.25) is 9.69 Å². The van der Waals surface area contributed by atoms with Crippen LogP contribution in [-0.4, -0.2) is 54.8 Å². The first-order valence-electron chi connectivity index (χ1n) is 11.2. The molecule has 0 bridgehead atoms. The second-order valence-corrected chi connectivity index (χ2v) is 8.18. The monoisotopic (exact) mass is 450 g/mol. The van der Waals surface area contributed by atoms with Crippen molar-refractivity contribution in [3.63, 3.8) is 0 Å². The molecular weight excluding hydrogens is 420 g/mol. The molecule has 8 heteroatoms. The molecule has 33 heavy (non-hydrogen) atoms. The van der Waals surface area contributed by atoms with Crippen LogP contribution in [0.4, 0.5) is 0 Å². The molecule has 1 aliphatic heterocycles. The summed E-state index contributed by atoms with van der Waals surface area (Å²) < 4.78 is 16.1. The van der Waals surface area contributed by atoms with Crippen molar-refractivity contribution in [1.29, 1.82) is 0 Å². The first kappa shape index (κ1) is 22.8. The minimum Gasteiger partial charge on any atom is -0.493 e. The number of amides is 1. The summed E-state index contributed by atoms with van der Waals surface area (Å²) in [5.74, 6) is 2.61. The quantitative estimate of drug-likeness (QED) is 0.535. The van der Waals surface area contributed by atoms with Crippen molar-refractivity contribution in [3.8, 4) is 22.9 Å². The number of ether oxygens (including phenoxy) is 2. The van der Waals surface area contributed by atoms with Crippen LogP contribution in [0, 0.1) is 5.92 Å². The van der Waals surface area contributed by atoms with E-state index in [0.717, 1.165) is 36.9 Å². The standard InChI is InChI=1S/C25H30N4O4/c1-31-21-11-10-18(15-22(21)32-2)12-13-26-25(30)20-9-6-14-29(16-20)17-23-27-24(28-33-23)19-7-4-3-5-8-19/h3-5,7-8,10-11,15,20H,6,9,12-14,16-17H2,1-2H3,(H,26,30). The average Bonchev–Trinajstić information content (AvgIpc) is 3.33. The van der Waals surface area contributed by atoms with Crippen molar-refractivity contribution in [2.45, 2.75) is 25.8 Å². The fraction of sp³-hybridized carbons (Fsp3) is 0.400. The van der Waals surface area contributed by atoms with Gasteiger partial charge < -0.3 is 19.3 Å². The molecule has 2 aromatic carbocycles. The number of likely N-dealkylation sites (tertiary alicyclic amines) is 1. The number of benzene rings is 2. The van der Waals surface area contributed by atoms with E-state index >= 15 is 0 Å². The van der Waals surface area contributed by atoms with Crippen LogP contribution in [-0.2, 0) is 17.8 Å². The summed E-state index contributed by atoms with van der Waals surface area (Å²) in [5.41, 5.74) is 2.02. The molecule has 2 heterocycles. The maximum absolute atomic E-state index is 12.8. The molecule has 1 atom stereocenters. The summed E-state index contributed by atoms with van der Waals surface area (Å²) in [6.45, 7) is 2.73. The third-order valence-electron chi connectivity index (χ3n) is 5.90. The number of nitrogens with zero attached hydrogens (tertiary/aromatic N) is 3. The zero-order valence-corrected chi connectivity index (χ0v) is 19.1. The van der Waals surface area contributed by atoms with E-state index in [1.807, 2.05) is 48.5 Å². The van der Waals surface area contributed by atoms with Crippen LogP contribution in [0.2, 0.25) is 0 Å². The molecule has 4 rings (SSSR count). The molecule has 1 aliphatic rings. The van der Waals surface area contributed by atoms with E-state index in [9.17, 15) is 4.79 Å². The van der Waals surface area contributed by atoms with Crippen LogP contribution in [0.3, 0.4) is 0 Å². The highest BCUT2D eigenvalue weighted by molar-refractivity contribution is 5.79. The number of rotatable bonds is 9. The van der Waals surface area contributed by atoms with E-state index < -0.39 is 0 Å². The second kappa shape index (κ2) is 11.0. The topological polar surface area (TPSA) is 89.7 Å². The van der Waals surface area contributed by atoms with Gasteiger partial charge in [-0.05, 0) is 43.5 Å². The van der Waals surface area contributed by atoms with E-state index in [1.54, 1.807) is 14.2 Å². The van der Waals surface area contributed by atoms with Gasteiger partial charge in [0.2, 0.25) is 17.6 Å². The number of piperidine rings is 1. The van der Waals surface area contributed by atoms with Crippen molar-refractivity contribution in [3.05, 3.63) is 60.0 Å². The van der Waals surface area contributed by atoms with Gasteiger partial charge >= 0.3 is 0 Å². The van der Waals surface area contributed by atoms with Gasteiger partial charge in [-0.25, -0.2) is 0 Å². The Balaban J connectivity index is 1.26. The molecule has 1 N–H and O–H groups in total. The van der Waals surface area contributed by atoms with Crippen LogP contribution in [0.25, 0.3) is 11.4 Å². The minimum absolute atomic E-state index is 0.0410. The van der Waals surface area contributed by atoms with Crippen molar-refractivity contribution < 1.29 is 18.8 Å². The SMILES string of the molecule is COc1ccc(CCNC(=O)C2CCCN(Cc3nc(-c4ccccc4)no3)C2)cc1OC. The van der Waals surface area contributed by atoms with Gasteiger partial charge in [0, 0.05) is 18.7 Å². The number of nitrogens with one attached hydrogen (secondary N) is 1. The average molecular weight is 451 g/mol. The Hall–Kier alpha value is -3.39. The van der Waals surface area contributed by atoms with Crippen molar-refractivity contribution in [2.75, 3.05) is 33.9 Å². The summed E-state index contributed by atoms with van der Waals surface area (Å²) in [4.78, 5) is 19.5. The summed E-state index contributed by atoms with van der Waals surface area (Å²) in [6, 6.07) is 15.6. The predicted octanol–water partition coefficient (Wildman–Crippen LogP) is 3.32. The van der Waals surface area contributed by atoms with Crippen molar-refractivity contribution in [2.24, 2.45) is 5.92 Å². The van der Waals surface area contributed by atoms with Crippen LogP contribution < -0.4 is 14.8 Å². The molecule has 0 saturated carbocycles. The van der Waals surface area contributed by atoms with Gasteiger partial charge in [0.1, 0.15) is 0 Å². The van der Waals surface area contributed by atoms with Crippen LogP contribution >= 0.6 is 0 Å². The lowest BCUT2D eigenvalue weighted by molar-refractivity contribution is -0.126. The first-order valence-corrected chi connectivity index (χ1v) is 11.2. The molecule has 1 unspecified atom stereocenters. The largest absolute Gasteiger partial charge is 0.493 e. The summed E-state index contributed by atoms with van der Waals surface area (Å²) in [7, 11) is 3.24. The van der Waals surface area contributed by atoms with E-state index in [4.69, 9.17) is 14.0 Å². The van der Waals surface area contributed by atoms with Crippen LogP contribution in [0.1, 0.15) is 24.3 Å². The third kappa shape index (κ3) is 5.90. The lowest BCUT2D eigenvalue weighted by atomic mass is 9.97. The van der Waals surface area contributed by atoms with Gasteiger partial charge in [0.25, 0.3) is 0 Å². The van der Waals surface area contributed by atoms with Crippen LogP contribution in [0.5, 0.6) is 11.5 Å². The smallest absolute Gasteiger partial charge is 0.241 e. The highest BCUT2D eigenvalue weighted by atomic mass is 16.5. The van der Waals surface area contributed by atoms with Crippen LogP contribution in [0.15, 0.2) is 53.1 Å². The molecule has 0 spiro atoms. The van der Waals surface area contributed by atoms with Gasteiger partial charge in [0.15, 0.2) is 11.5 Å². The van der Waals surface area contributed by atoms with E-state index in [-0.39, 0.29) is 11.8 Å². The Labute approximate surface area is 193 Å². The molecule has 1 saturated heterocycles. The number of aromatic nitrogens is 2. The highest BCUT2D eigenvalue weighted by Crippen LogP contribution is 2.27. The molecule has 0 aliphatic carbocycles. The molecular formula is C25H30N4O4. The number of carbonyl (C=O) groups is 1. The number of carbonyl (C=O) groups excluding carboxylic acids is 1. The third-order valence-corrected chi connectivity index (χ3v) is 5.90. The van der Waals surface area contributed by atoms with Gasteiger partial charge in [0.05, 0.1) is 26.7 Å². The maximum Gasteiger partial charge on any atom is 0.241 e. The van der Waals surface area contributed by atoms with Crippen molar-refractivity contribution >= 4 is 5.91 Å². The molecule has 1 aromatic heterocycles. The Bertz CT molecular complexity index is 1050. The maximum atomic E-state index is 12.8. The lowest BCUT2D eigenvalue weighted by Crippen LogP contribution is -2.43. The van der Waals surface area contributed by atoms with Crippen molar-refractivity contribution in [1.82, 2.24) is 20.4 Å². The first-order chi connectivity index (χ1) is 16.2. The fourth-order valence-electron chi connectivity index (χ4n) is 4.14. The Morgan fingerprint density at radius 1 is 1.15 bits per heavy atom. The molecule has 0 radical (unpaired) electrons. The normalized spacial score (nSPS) is 16.4. The molecule has 174 valence electrons. The molecule has 1 amide bonds. The van der Waals surface area contributed by atoms with Gasteiger partial charge in [-0.1, -0.05) is 41.6 Å². The molecule has 3 aromatic rings. The minimum atomic E-state index is -0.0410. The summed E-state index contributed by atoms with van der Waals surface area (Å²) in [5, 5.41) is 7.18. The Morgan fingerprint density at radius 2 is 1.97 bits per heavy atom. The van der Waals surface area contributed by atoms with E-state index in [1.165, 1.54) is 0 Å². The van der Waals surface area contributed by atoms with Gasteiger partial charge in [-0.2, -0.15) is 4.98 Å². The number of hydrogen-bond acceptors (Lipinski definition) is 7. The van der Waals surface area contributed by atoms with E-state index in [2.05, 4.69) is 20.4 Å². The second-order valence-electron chi connectivity index (χ2n) is 8.18. The zero-order valence-electron chi connectivity index (χ0n) is 19.1. The molecule has 1 fully saturated rings. The Morgan fingerprint density at radius 3 is 2.76 bits per heavy atom. The zero-order chi connectivity index (χ0) is 23.0. The summed E-state index contributed by atoms with van der Waals surface area (Å²) >= 11 is 0. The fourth-order valence-corrected chi connectivity index (χ4v) is 4.14. The molecule has 8 nitrogen and oxygen atoms in total. The van der Waals surface area contributed by atoms with Gasteiger partial charge in [-0.15, -0.1) is 0 Å². The number of hydrogen-bond donors (Lipinski definition) is 1. The predicted molar refractivity (Wildman–Crippen MR) is 124 cm³/mol. The Kier molecular flexibility index (Phi) is 7.57. The highest BCUT2D eigenvalue weighted by Gasteiger charge is 2.26. The van der Waals surface area contributed by atoms with E-state index in [0.29, 0.717) is 42.8 Å². The summed E-state index contributed by atoms with van der Waals surface area (Å²) in [6.07, 6.45) is 2.58.